The molecule has 1 fully saturated rings. The lowest BCUT2D eigenvalue weighted by Crippen LogP contribution is -2.33. The fourth-order valence-corrected chi connectivity index (χ4v) is 2.77. The van der Waals surface area contributed by atoms with Gasteiger partial charge in [0.05, 0.1) is 5.52 Å². The van der Waals surface area contributed by atoms with Gasteiger partial charge in [0.25, 0.3) is 5.91 Å². The number of benzene rings is 1. The average Bonchev–Trinajstić information content (AvgIpc) is 2.72. The molecular weight excluding hydrogens is 252 g/mol. The van der Waals surface area contributed by atoms with Gasteiger partial charge in [0.15, 0.2) is 5.69 Å². The fourth-order valence-electron chi connectivity index (χ4n) is 2.77. The van der Waals surface area contributed by atoms with Crippen LogP contribution in [0.4, 0.5) is 0 Å². The molecule has 1 aliphatic rings. The maximum atomic E-state index is 12.6. The topological polar surface area (TPSA) is 75.0 Å². The number of rotatable bonds is 1. The Hall–Kier alpha value is -1.88. The highest BCUT2D eigenvalue weighted by atomic mass is 16.2. The van der Waals surface area contributed by atoms with Crippen LogP contribution in [0.3, 0.4) is 0 Å². The predicted molar refractivity (Wildman–Crippen MR) is 78.6 cm³/mol. The lowest BCUT2D eigenvalue weighted by molar-refractivity contribution is 0.0757. The number of hydrogen-bond acceptors (Lipinski definition) is 3. The molecule has 1 amide bonds. The van der Waals surface area contributed by atoms with Gasteiger partial charge >= 0.3 is 0 Å². The molecule has 0 radical (unpaired) electrons. The standard InChI is InChI=1S/C15H20N4O/c1-10-4-5-13-12(9-10)14(18-17-13)15(20)19-7-2-3-11(16)6-8-19/h4-5,9,11H,2-3,6-8,16H2,1H3,(H,17,18)/t11-/m1/s1. The van der Waals surface area contributed by atoms with Gasteiger partial charge in [0.2, 0.25) is 0 Å². The molecule has 0 unspecified atom stereocenters. The summed E-state index contributed by atoms with van der Waals surface area (Å²) in [5.74, 6) is 0.0101. The third-order valence-corrected chi connectivity index (χ3v) is 3.98. The summed E-state index contributed by atoms with van der Waals surface area (Å²) in [6.07, 6.45) is 2.83. The first-order valence-electron chi connectivity index (χ1n) is 7.15. The van der Waals surface area contributed by atoms with E-state index in [2.05, 4.69) is 10.2 Å². The van der Waals surface area contributed by atoms with Gasteiger partial charge in [0, 0.05) is 24.5 Å². The molecule has 0 bridgehead atoms. The number of nitrogens with zero attached hydrogens (tertiary/aromatic N) is 2. The second kappa shape index (κ2) is 5.25. The zero-order valence-corrected chi connectivity index (χ0v) is 11.7. The summed E-state index contributed by atoms with van der Waals surface area (Å²) in [7, 11) is 0. The summed E-state index contributed by atoms with van der Waals surface area (Å²) in [5.41, 5.74) is 8.53. The van der Waals surface area contributed by atoms with Gasteiger partial charge in [-0.25, -0.2) is 0 Å². The zero-order valence-electron chi connectivity index (χ0n) is 11.7. The molecule has 5 heteroatoms. The number of fused-ring (bicyclic) bond motifs is 1. The molecule has 1 saturated heterocycles. The first-order chi connectivity index (χ1) is 9.65. The number of amides is 1. The average molecular weight is 272 g/mol. The molecule has 3 rings (SSSR count). The minimum atomic E-state index is 0.0101. The monoisotopic (exact) mass is 272 g/mol. The Morgan fingerprint density at radius 1 is 1.40 bits per heavy atom. The van der Waals surface area contributed by atoms with E-state index in [1.165, 1.54) is 0 Å². The SMILES string of the molecule is Cc1ccc2[nH]nc(C(=O)N3CCC[C@@H](N)CC3)c2c1. The van der Waals surface area contributed by atoms with Crippen LogP contribution in [0, 0.1) is 6.92 Å². The van der Waals surface area contributed by atoms with Crippen LogP contribution < -0.4 is 5.73 Å². The molecular formula is C15H20N4O. The van der Waals surface area contributed by atoms with Gasteiger partial charge in [-0.2, -0.15) is 5.10 Å². The number of nitrogens with one attached hydrogen (secondary N) is 1. The lowest BCUT2D eigenvalue weighted by atomic mass is 10.1. The lowest BCUT2D eigenvalue weighted by Gasteiger charge is -2.19. The van der Waals surface area contributed by atoms with E-state index in [9.17, 15) is 4.79 Å². The van der Waals surface area contributed by atoms with Crippen molar-refractivity contribution < 1.29 is 4.79 Å². The van der Waals surface area contributed by atoms with E-state index < -0.39 is 0 Å². The van der Waals surface area contributed by atoms with Gasteiger partial charge in [-0.3, -0.25) is 9.89 Å². The Morgan fingerprint density at radius 2 is 2.25 bits per heavy atom. The van der Waals surface area contributed by atoms with Gasteiger partial charge < -0.3 is 10.6 Å². The van der Waals surface area contributed by atoms with Crippen molar-refractivity contribution in [3.8, 4) is 0 Å². The Labute approximate surface area is 118 Å². The molecule has 0 spiro atoms. The van der Waals surface area contributed by atoms with Crippen molar-refractivity contribution in [1.29, 1.82) is 0 Å². The molecule has 2 heterocycles. The number of carbonyl (C=O) groups excluding carboxylic acids is 1. The van der Waals surface area contributed by atoms with E-state index in [1.807, 2.05) is 30.0 Å². The summed E-state index contributed by atoms with van der Waals surface area (Å²) in [5, 5.41) is 8.06. The molecule has 0 aliphatic carbocycles. The number of carbonyl (C=O) groups is 1. The molecule has 106 valence electrons. The third-order valence-electron chi connectivity index (χ3n) is 3.98. The molecule has 3 N–H and O–H groups in total. The second-order valence-corrected chi connectivity index (χ2v) is 5.60. The van der Waals surface area contributed by atoms with Crippen LogP contribution >= 0.6 is 0 Å². The van der Waals surface area contributed by atoms with E-state index in [0.717, 1.165) is 48.8 Å². The number of aromatic nitrogens is 2. The first kappa shape index (κ1) is 13.1. The van der Waals surface area contributed by atoms with E-state index in [-0.39, 0.29) is 11.9 Å². The normalized spacial score (nSPS) is 20.1. The molecule has 0 saturated carbocycles. The van der Waals surface area contributed by atoms with Gasteiger partial charge in [-0.1, -0.05) is 11.6 Å². The maximum Gasteiger partial charge on any atom is 0.274 e. The van der Waals surface area contributed by atoms with Crippen LogP contribution in [-0.4, -0.2) is 40.1 Å². The summed E-state index contributed by atoms with van der Waals surface area (Å²) in [4.78, 5) is 14.5. The van der Waals surface area contributed by atoms with E-state index in [0.29, 0.717) is 5.69 Å². The highest BCUT2D eigenvalue weighted by molar-refractivity contribution is 6.04. The number of aryl methyl sites for hydroxylation is 1. The van der Waals surface area contributed by atoms with Crippen LogP contribution in [0.15, 0.2) is 18.2 Å². The number of aromatic amines is 1. The van der Waals surface area contributed by atoms with Crippen molar-refractivity contribution in [2.75, 3.05) is 13.1 Å². The van der Waals surface area contributed by atoms with Crippen molar-refractivity contribution in [1.82, 2.24) is 15.1 Å². The Kier molecular flexibility index (Phi) is 3.44. The van der Waals surface area contributed by atoms with E-state index in [4.69, 9.17) is 5.73 Å². The van der Waals surface area contributed by atoms with Crippen LogP contribution in [0.25, 0.3) is 10.9 Å². The first-order valence-corrected chi connectivity index (χ1v) is 7.15. The van der Waals surface area contributed by atoms with Crippen molar-refractivity contribution in [2.24, 2.45) is 5.73 Å². The van der Waals surface area contributed by atoms with E-state index >= 15 is 0 Å². The highest BCUT2D eigenvalue weighted by Crippen LogP contribution is 2.20. The van der Waals surface area contributed by atoms with Crippen molar-refractivity contribution in [3.05, 3.63) is 29.5 Å². The zero-order chi connectivity index (χ0) is 14.1. The van der Waals surface area contributed by atoms with Crippen LogP contribution in [0.2, 0.25) is 0 Å². The molecule has 1 aromatic carbocycles. The summed E-state index contributed by atoms with van der Waals surface area (Å²) in [6.45, 7) is 3.51. The van der Waals surface area contributed by atoms with Crippen LogP contribution in [0.1, 0.15) is 35.3 Å². The maximum absolute atomic E-state index is 12.6. The Bertz CT molecular complexity index is 634. The van der Waals surface area contributed by atoms with Crippen LogP contribution in [-0.2, 0) is 0 Å². The molecule has 1 atom stereocenters. The van der Waals surface area contributed by atoms with Gasteiger partial charge in [0.1, 0.15) is 0 Å². The Balaban J connectivity index is 1.90. The highest BCUT2D eigenvalue weighted by Gasteiger charge is 2.23. The number of hydrogen-bond donors (Lipinski definition) is 2. The quantitative estimate of drug-likeness (QED) is 0.831. The fraction of sp³-hybridized carbons (Fsp3) is 0.467. The molecule has 20 heavy (non-hydrogen) atoms. The number of likely N-dealkylation sites (tertiary alicyclic amines) is 1. The molecule has 5 nitrogen and oxygen atoms in total. The van der Waals surface area contributed by atoms with Gasteiger partial charge in [-0.15, -0.1) is 0 Å². The molecule has 1 aliphatic heterocycles. The van der Waals surface area contributed by atoms with E-state index in [1.54, 1.807) is 0 Å². The largest absolute Gasteiger partial charge is 0.337 e. The second-order valence-electron chi connectivity index (χ2n) is 5.60. The summed E-state index contributed by atoms with van der Waals surface area (Å²) < 4.78 is 0. The minimum Gasteiger partial charge on any atom is -0.337 e. The predicted octanol–water partition coefficient (Wildman–Crippen LogP) is 1.82. The van der Waals surface area contributed by atoms with Crippen molar-refractivity contribution in [2.45, 2.75) is 32.2 Å². The molecule has 2 aromatic rings. The Morgan fingerprint density at radius 3 is 3.10 bits per heavy atom. The summed E-state index contributed by atoms with van der Waals surface area (Å²) in [6, 6.07) is 6.20. The van der Waals surface area contributed by atoms with Gasteiger partial charge in [-0.05, 0) is 38.3 Å². The van der Waals surface area contributed by atoms with Crippen molar-refractivity contribution >= 4 is 16.8 Å². The smallest absolute Gasteiger partial charge is 0.274 e. The van der Waals surface area contributed by atoms with Crippen molar-refractivity contribution in [3.63, 3.8) is 0 Å². The molecule has 1 aromatic heterocycles. The minimum absolute atomic E-state index is 0.0101. The summed E-state index contributed by atoms with van der Waals surface area (Å²) >= 11 is 0. The van der Waals surface area contributed by atoms with Crippen LogP contribution in [0.5, 0.6) is 0 Å². The number of H-pyrrole nitrogens is 1. The number of nitrogens with two attached hydrogens (primary N) is 1. The third kappa shape index (κ3) is 2.41.